The molecule has 3 aromatic rings. The van der Waals surface area contributed by atoms with Crippen LogP contribution in [0.5, 0.6) is 0 Å². The Kier molecular flexibility index (Phi) is 4.52. The minimum Gasteiger partial charge on any atom is -0.366 e. The van der Waals surface area contributed by atoms with Crippen LogP contribution in [0.1, 0.15) is 16.8 Å². The average molecular weight is 304 g/mol. The molecule has 2 aromatic carbocycles. The Balaban J connectivity index is 1.72. The van der Waals surface area contributed by atoms with Crippen LogP contribution in [0.4, 0.5) is 17.5 Å². The summed E-state index contributed by atoms with van der Waals surface area (Å²) in [4.78, 5) is 8.97. The van der Waals surface area contributed by atoms with Gasteiger partial charge in [-0.3, -0.25) is 0 Å². The summed E-state index contributed by atoms with van der Waals surface area (Å²) in [5.74, 6) is 1.42. The third-order valence-corrected chi connectivity index (χ3v) is 3.44. The molecule has 23 heavy (non-hydrogen) atoms. The fraction of sp³-hybridized carbons (Fsp3) is 0.158. The van der Waals surface area contributed by atoms with E-state index in [1.165, 1.54) is 11.1 Å². The lowest BCUT2D eigenvalue weighted by Crippen LogP contribution is -2.05. The summed E-state index contributed by atoms with van der Waals surface area (Å²) in [5, 5.41) is 6.59. The molecule has 0 spiro atoms. The molecule has 1 heterocycles. The van der Waals surface area contributed by atoms with Crippen LogP contribution in [0.25, 0.3) is 0 Å². The summed E-state index contributed by atoms with van der Waals surface area (Å²) in [6.07, 6.45) is 0. The monoisotopic (exact) mass is 304 g/mol. The summed E-state index contributed by atoms with van der Waals surface area (Å²) >= 11 is 0. The van der Waals surface area contributed by atoms with Gasteiger partial charge in [-0.25, -0.2) is 4.98 Å². The topological polar surface area (TPSA) is 49.8 Å². The van der Waals surface area contributed by atoms with E-state index in [4.69, 9.17) is 0 Å². The summed E-state index contributed by atoms with van der Waals surface area (Å²) in [6, 6.07) is 20.3. The van der Waals surface area contributed by atoms with Gasteiger partial charge in [-0.05, 0) is 31.5 Å². The standard InChI is InChI=1S/C19H20N4/c1-14-7-6-8-16(11-14)13-20-18-12-15(2)21-19(23-18)22-17-9-4-3-5-10-17/h3-12H,13H2,1-2H3,(H2,20,21,22,23). The summed E-state index contributed by atoms with van der Waals surface area (Å²) in [5.41, 5.74) is 4.39. The van der Waals surface area contributed by atoms with Crippen LogP contribution in [0.15, 0.2) is 60.7 Å². The summed E-state index contributed by atoms with van der Waals surface area (Å²) < 4.78 is 0. The lowest BCUT2D eigenvalue weighted by Gasteiger charge is -2.10. The minimum absolute atomic E-state index is 0.600. The zero-order valence-corrected chi connectivity index (χ0v) is 13.4. The van der Waals surface area contributed by atoms with Gasteiger partial charge < -0.3 is 10.6 Å². The van der Waals surface area contributed by atoms with E-state index in [1.807, 2.05) is 43.3 Å². The molecule has 0 aliphatic heterocycles. The summed E-state index contributed by atoms with van der Waals surface area (Å²) in [6.45, 7) is 4.80. The van der Waals surface area contributed by atoms with Crippen molar-refractivity contribution < 1.29 is 0 Å². The molecule has 0 aliphatic rings. The molecule has 0 atom stereocenters. The minimum atomic E-state index is 0.600. The maximum atomic E-state index is 4.53. The van der Waals surface area contributed by atoms with Gasteiger partial charge >= 0.3 is 0 Å². The van der Waals surface area contributed by atoms with Crippen LogP contribution >= 0.6 is 0 Å². The van der Waals surface area contributed by atoms with Crippen LogP contribution < -0.4 is 10.6 Å². The maximum Gasteiger partial charge on any atom is 0.229 e. The average Bonchev–Trinajstić information content (AvgIpc) is 2.53. The van der Waals surface area contributed by atoms with Crippen molar-refractivity contribution >= 4 is 17.5 Å². The number of para-hydroxylation sites is 1. The van der Waals surface area contributed by atoms with E-state index in [2.05, 4.69) is 51.8 Å². The highest BCUT2D eigenvalue weighted by atomic mass is 15.1. The molecule has 0 aliphatic carbocycles. The second-order valence-electron chi connectivity index (χ2n) is 5.55. The van der Waals surface area contributed by atoms with E-state index in [9.17, 15) is 0 Å². The molecular formula is C19H20N4. The lowest BCUT2D eigenvalue weighted by molar-refractivity contribution is 1.06. The Hall–Kier alpha value is -2.88. The first-order valence-corrected chi connectivity index (χ1v) is 7.66. The molecular weight excluding hydrogens is 284 g/mol. The molecule has 0 saturated carbocycles. The predicted octanol–water partition coefficient (Wildman–Crippen LogP) is 4.45. The first kappa shape index (κ1) is 15.0. The Bertz CT molecular complexity index is 784. The second-order valence-corrected chi connectivity index (χ2v) is 5.55. The number of hydrogen-bond acceptors (Lipinski definition) is 4. The number of aromatic nitrogens is 2. The normalized spacial score (nSPS) is 10.3. The molecule has 0 unspecified atom stereocenters. The van der Waals surface area contributed by atoms with Gasteiger partial charge in [0.2, 0.25) is 5.95 Å². The highest BCUT2D eigenvalue weighted by molar-refractivity contribution is 5.55. The number of anilines is 3. The molecule has 2 N–H and O–H groups in total. The zero-order valence-electron chi connectivity index (χ0n) is 13.4. The number of rotatable bonds is 5. The first-order valence-electron chi connectivity index (χ1n) is 7.66. The van der Waals surface area contributed by atoms with Gasteiger partial charge in [0.15, 0.2) is 0 Å². The van der Waals surface area contributed by atoms with Gasteiger partial charge in [0.25, 0.3) is 0 Å². The zero-order chi connectivity index (χ0) is 16.1. The van der Waals surface area contributed by atoms with Crippen molar-refractivity contribution in [3.05, 3.63) is 77.5 Å². The van der Waals surface area contributed by atoms with Crippen LogP contribution in [0.2, 0.25) is 0 Å². The fourth-order valence-electron chi connectivity index (χ4n) is 2.38. The number of nitrogens with zero attached hydrogens (tertiary/aromatic N) is 2. The Morgan fingerprint density at radius 3 is 2.48 bits per heavy atom. The van der Waals surface area contributed by atoms with Crippen molar-refractivity contribution in [2.45, 2.75) is 20.4 Å². The SMILES string of the molecule is Cc1cccc(CNc2cc(C)nc(Nc3ccccc3)n2)c1. The molecule has 4 heteroatoms. The van der Waals surface area contributed by atoms with Gasteiger partial charge in [0.05, 0.1) is 0 Å². The third kappa shape index (κ3) is 4.30. The fourth-order valence-corrected chi connectivity index (χ4v) is 2.38. The molecule has 0 amide bonds. The van der Waals surface area contributed by atoms with E-state index in [-0.39, 0.29) is 0 Å². The third-order valence-electron chi connectivity index (χ3n) is 3.44. The molecule has 4 nitrogen and oxygen atoms in total. The smallest absolute Gasteiger partial charge is 0.229 e. The van der Waals surface area contributed by atoms with E-state index >= 15 is 0 Å². The highest BCUT2D eigenvalue weighted by Crippen LogP contribution is 2.16. The van der Waals surface area contributed by atoms with Crippen LogP contribution in [0, 0.1) is 13.8 Å². The quantitative estimate of drug-likeness (QED) is 0.731. The molecule has 3 rings (SSSR count). The van der Waals surface area contributed by atoms with Crippen LogP contribution in [0.3, 0.4) is 0 Å². The molecule has 0 saturated heterocycles. The van der Waals surface area contributed by atoms with Crippen molar-refractivity contribution in [1.29, 1.82) is 0 Å². The van der Waals surface area contributed by atoms with E-state index in [0.29, 0.717) is 5.95 Å². The first-order chi connectivity index (χ1) is 11.2. The van der Waals surface area contributed by atoms with E-state index < -0.39 is 0 Å². The Morgan fingerprint density at radius 2 is 1.70 bits per heavy atom. The number of aryl methyl sites for hydroxylation is 2. The van der Waals surface area contributed by atoms with Gasteiger partial charge in [-0.15, -0.1) is 0 Å². The van der Waals surface area contributed by atoms with Gasteiger partial charge in [0, 0.05) is 24.0 Å². The largest absolute Gasteiger partial charge is 0.366 e. The Morgan fingerprint density at radius 1 is 0.870 bits per heavy atom. The molecule has 0 bridgehead atoms. The van der Waals surface area contributed by atoms with Crippen molar-refractivity contribution in [2.75, 3.05) is 10.6 Å². The molecule has 1 aromatic heterocycles. The van der Waals surface area contributed by atoms with E-state index in [1.54, 1.807) is 0 Å². The van der Waals surface area contributed by atoms with Crippen molar-refractivity contribution in [3.63, 3.8) is 0 Å². The van der Waals surface area contributed by atoms with Crippen molar-refractivity contribution in [1.82, 2.24) is 9.97 Å². The van der Waals surface area contributed by atoms with Gasteiger partial charge in [-0.2, -0.15) is 4.98 Å². The van der Waals surface area contributed by atoms with Crippen LogP contribution in [-0.2, 0) is 6.54 Å². The molecule has 0 fully saturated rings. The van der Waals surface area contributed by atoms with Crippen molar-refractivity contribution in [2.24, 2.45) is 0 Å². The number of nitrogens with one attached hydrogen (secondary N) is 2. The predicted molar refractivity (Wildman–Crippen MR) is 95.0 cm³/mol. The van der Waals surface area contributed by atoms with Crippen LogP contribution in [-0.4, -0.2) is 9.97 Å². The number of hydrogen-bond donors (Lipinski definition) is 2. The highest BCUT2D eigenvalue weighted by Gasteiger charge is 2.03. The Labute approximate surface area is 136 Å². The lowest BCUT2D eigenvalue weighted by atomic mass is 10.1. The summed E-state index contributed by atoms with van der Waals surface area (Å²) in [7, 11) is 0. The molecule has 0 radical (unpaired) electrons. The van der Waals surface area contributed by atoms with Gasteiger partial charge in [0.1, 0.15) is 5.82 Å². The van der Waals surface area contributed by atoms with E-state index in [0.717, 1.165) is 23.7 Å². The number of benzene rings is 2. The maximum absolute atomic E-state index is 4.53. The van der Waals surface area contributed by atoms with Crippen molar-refractivity contribution in [3.8, 4) is 0 Å². The second kappa shape index (κ2) is 6.92. The van der Waals surface area contributed by atoms with Gasteiger partial charge in [-0.1, -0.05) is 48.0 Å². The molecule has 116 valence electrons.